The van der Waals surface area contributed by atoms with Gasteiger partial charge in [0.15, 0.2) is 23.1 Å². The predicted octanol–water partition coefficient (Wildman–Crippen LogP) is 16.7. The fourth-order valence-corrected chi connectivity index (χ4v) is 11.7. The van der Waals surface area contributed by atoms with Gasteiger partial charge in [0, 0.05) is 44.0 Å². The standard InChI is InChI=1S/C64H40N4O/c1-64-34-13-12-19-44(64)20-14-26-52(64)62-65-61(43-30-32-46-42(35-43)29-28-38-15-4-6-21-45(38)46)66-63(67-62)58-49-24-9-8-23-48(49)57-50-25-10-11-27-55(50)69-60(57)59(58)68-53-33-31-39-16-5-7-22-47(39)56(53)51-36-40-17-2-3-18-41(40)37-54(51)68/h2-37,44H,1H3. The minimum atomic E-state index is -0.385. The lowest BCUT2D eigenvalue weighted by molar-refractivity contribution is 0.468. The van der Waals surface area contributed by atoms with Crippen molar-refractivity contribution in [2.75, 3.05) is 0 Å². The van der Waals surface area contributed by atoms with Gasteiger partial charge in [0.25, 0.3) is 0 Å². The molecule has 0 fully saturated rings. The van der Waals surface area contributed by atoms with Gasteiger partial charge >= 0.3 is 0 Å². The Balaban J connectivity index is 1.12. The highest BCUT2D eigenvalue weighted by Crippen LogP contribution is 2.51. The van der Waals surface area contributed by atoms with E-state index < -0.39 is 0 Å². The maximum absolute atomic E-state index is 7.25. The molecule has 5 nitrogen and oxygen atoms in total. The Hall–Kier alpha value is -8.93. The third kappa shape index (κ3) is 5.50. The number of fused-ring (bicyclic) bond motifs is 15. The molecule has 69 heavy (non-hydrogen) atoms. The van der Waals surface area contributed by atoms with Gasteiger partial charge < -0.3 is 8.98 Å². The molecule has 322 valence electrons. The Kier molecular flexibility index (Phi) is 7.91. The van der Waals surface area contributed by atoms with E-state index in [0.717, 1.165) is 76.9 Å². The second-order valence-corrected chi connectivity index (χ2v) is 18.9. The van der Waals surface area contributed by atoms with Gasteiger partial charge in [-0.1, -0.05) is 195 Å². The lowest BCUT2D eigenvalue weighted by atomic mass is 9.66. The predicted molar refractivity (Wildman–Crippen MR) is 287 cm³/mol. The van der Waals surface area contributed by atoms with Crippen LogP contribution in [0.5, 0.6) is 0 Å². The van der Waals surface area contributed by atoms with Crippen LogP contribution in [0.3, 0.4) is 0 Å². The molecule has 0 aliphatic heterocycles. The summed E-state index contributed by atoms with van der Waals surface area (Å²) in [7, 11) is 0. The van der Waals surface area contributed by atoms with Gasteiger partial charge in [-0.25, -0.2) is 15.0 Å². The van der Waals surface area contributed by atoms with E-state index in [4.69, 9.17) is 19.4 Å². The van der Waals surface area contributed by atoms with E-state index in [-0.39, 0.29) is 11.3 Å². The Bertz CT molecular complexity index is 4520. The average molecular weight is 881 g/mol. The second-order valence-electron chi connectivity index (χ2n) is 18.9. The quantitative estimate of drug-likeness (QED) is 0.165. The van der Waals surface area contributed by atoms with Gasteiger partial charge in [0.05, 0.1) is 16.6 Å². The molecule has 15 rings (SSSR count). The van der Waals surface area contributed by atoms with Crippen molar-refractivity contribution in [1.82, 2.24) is 19.5 Å². The van der Waals surface area contributed by atoms with Crippen molar-refractivity contribution in [2.24, 2.45) is 11.3 Å². The first kappa shape index (κ1) is 38.2. The van der Waals surface area contributed by atoms with Gasteiger partial charge in [-0.15, -0.1) is 0 Å². The molecule has 0 amide bonds. The van der Waals surface area contributed by atoms with Gasteiger partial charge in [-0.05, 0) is 84.2 Å². The molecule has 0 N–H and O–H groups in total. The molecule has 0 bridgehead atoms. The number of nitrogens with zero attached hydrogens (tertiary/aromatic N) is 4. The van der Waals surface area contributed by atoms with E-state index >= 15 is 0 Å². The molecule has 0 saturated carbocycles. The largest absolute Gasteiger partial charge is 0.454 e. The Morgan fingerprint density at radius 3 is 1.96 bits per heavy atom. The van der Waals surface area contributed by atoms with Crippen molar-refractivity contribution in [3.05, 3.63) is 224 Å². The summed E-state index contributed by atoms with van der Waals surface area (Å²) < 4.78 is 9.69. The molecule has 0 spiro atoms. The van der Waals surface area contributed by atoms with Crippen molar-refractivity contribution >= 4 is 103 Å². The minimum Gasteiger partial charge on any atom is -0.454 e. The van der Waals surface area contributed by atoms with Crippen LogP contribution in [0.25, 0.3) is 132 Å². The highest BCUT2D eigenvalue weighted by molar-refractivity contribution is 6.28. The summed E-state index contributed by atoms with van der Waals surface area (Å²) in [6.07, 6.45) is 15.5. The number of hydrogen-bond donors (Lipinski definition) is 0. The second kappa shape index (κ2) is 14.3. The molecule has 3 aromatic heterocycles. The molecular weight excluding hydrogens is 841 g/mol. The van der Waals surface area contributed by atoms with Gasteiger partial charge in [0.1, 0.15) is 11.3 Å². The smallest absolute Gasteiger partial charge is 0.166 e. The molecule has 3 heterocycles. The Morgan fingerprint density at radius 2 is 1.10 bits per heavy atom. The van der Waals surface area contributed by atoms with Crippen LogP contribution in [0.1, 0.15) is 12.7 Å². The molecule has 10 aromatic carbocycles. The molecule has 2 unspecified atom stereocenters. The van der Waals surface area contributed by atoms with Crippen LogP contribution in [0, 0.1) is 11.3 Å². The number of para-hydroxylation sites is 1. The summed E-state index contributed by atoms with van der Waals surface area (Å²) >= 11 is 0. The zero-order valence-corrected chi connectivity index (χ0v) is 37.6. The van der Waals surface area contributed by atoms with E-state index in [2.05, 4.69) is 230 Å². The maximum atomic E-state index is 7.25. The van der Waals surface area contributed by atoms with E-state index in [1.165, 1.54) is 43.1 Å². The maximum Gasteiger partial charge on any atom is 0.166 e. The van der Waals surface area contributed by atoms with Crippen LogP contribution in [-0.2, 0) is 0 Å². The summed E-state index contributed by atoms with van der Waals surface area (Å²) in [6.45, 7) is 2.30. The first-order valence-corrected chi connectivity index (χ1v) is 23.7. The van der Waals surface area contributed by atoms with Gasteiger partial charge in [-0.2, -0.15) is 0 Å². The van der Waals surface area contributed by atoms with Gasteiger partial charge in [0.2, 0.25) is 0 Å². The van der Waals surface area contributed by atoms with Crippen LogP contribution in [0.15, 0.2) is 223 Å². The normalized spacial score (nSPS) is 16.9. The fourth-order valence-electron chi connectivity index (χ4n) is 11.7. The number of benzene rings is 10. The van der Waals surface area contributed by atoms with Crippen LogP contribution in [0.4, 0.5) is 0 Å². The molecule has 0 saturated heterocycles. The number of furan rings is 1. The number of aromatic nitrogens is 4. The number of allylic oxidation sites excluding steroid dienone is 8. The van der Waals surface area contributed by atoms with Crippen molar-refractivity contribution < 1.29 is 4.42 Å². The van der Waals surface area contributed by atoms with E-state index in [0.29, 0.717) is 17.5 Å². The lowest BCUT2D eigenvalue weighted by Gasteiger charge is -2.37. The topological polar surface area (TPSA) is 56.7 Å². The summed E-state index contributed by atoms with van der Waals surface area (Å²) in [6, 6.07) is 63.3. The highest BCUT2D eigenvalue weighted by atomic mass is 16.3. The monoisotopic (exact) mass is 880 g/mol. The summed E-state index contributed by atoms with van der Waals surface area (Å²) in [4.78, 5) is 16.8. The first-order chi connectivity index (χ1) is 34.1. The zero-order chi connectivity index (χ0) is 45.4. The number of rotatable bonds is 4. The van der Waals surface area contributed by atoms with E-state index in [1.54, 1.807) is 0 Å². The Morgan fingerprint density at radius 1 is 0.464 bits per heavy atom. The molecule has 0 radical (unpaired) electrons. The van der Waals surface area contributed by atoms with Crippen molar-refractivity contribution in [3.63, 3.8) is 0 Å². The summed E-state index contributed by atoms with van der Waals surface area (Å²) in [5, 5.41) is 16.0. The summed E-state index contributed by atoms with van der Waals surface area (Å²) in [5.41, 5.74) is 7.08. The highest BCUT2D eigenvalue weighted by Gasteiger charge is 2.38. The minimum absolute atomic E-state index is 0.144. The van der Waals surface area contributed by atoms with Crippen LogP contribution in [0.2, 0.25) is 0 Å². The fraction of sp³-hybridized carbons (Fsp3) is 0.0469. The van der Waals surface area contributed by atoms with E-state index in [9.17, 15) is 0 Å². The number of hydrogen-bond acceptors (Lipinski definition) is 4. The van der Waals surface area contributed by atoms with Crippen LogP contribution < -0.4 is 0 Å². The SMILES string of the molecule is CC12C=CC=CC1C=CC=C2c1nc(-c2ccc3c(ccc4ccccc43)c2)nc(-c2c(-n3c4cc5ccccc5cc4c4c5ccccc5ccc43)c3oc4ccccc4c3c3ccccc23)n1. The third-order valence-corrected chi connectivity index (χ3v) is 15.1. The van der Waals surface area contributed by atoms with Crippen molar-refractivity contribution in [1.29, 1.82) is 0 Å². The van der Waals surface area contributed by atoms with Crippen LogP contribution in [-0.4, -0.2) is 19.5 Å². The van der Waals surface area contributed by atoms with Crippen molar-refractivity contribution in [3.8, 4) is 28.5 Å². The lowest BCUT2D eigenvalue weighted by Crippen LogP contribution is -2.28. The molecule has 2 atom stereocenters. The molecule has 13 aromatic rings. The zero-order valence-electron chi connectivity index (χ0n) is 37.6. The molecule has 2 aliphatic rings. The molecule has 2 aliphatic carbocycles. The molecule has 5 heteroatoms. The van der Waals surface area contributed by atoms with Crippen molar-refractivity contribution in [2.45, 2.75) is 6.92 Å². The molecular formula is C64H40N4O. The van der Waals surface area contributed by atoms with E-state index in [1.807, 2.05) is 0 Å². The first-order valence-electron chi connectivity index (χ1n) is 23.7. The third-order valence-electron chi connectivity index (χ3n) is 15.1. The average Bonchev–Trinajstić information content (AvgIpc) is 3.95. The van der Waals surface area contributed by atoms with Gasteiger partial charge in [-0.3, -0.25) is 0 Å². The Labute approximate surface area is 396 Å². The summed E-state index contributed by atoms with van der Waals surface area (Å²) in [5.74, 6) is 1.97. The van der Waals surface area contributed by atoms with Crippen LogP contribution >= 0.6 is 0 Å².